The van der Waals surface area contributed by atoms with E-state index in [1.807, 2.05) is 56.8 Å². The highest BCUT2D eigenvalue weighted by Crippen LogP contribution is 2.41. The molecular weight excluding hydrogens is 687 g/mol. The zero-order valence-corrected chi connectivity index (χ0v) is 31.4. The zero-order chi connectivity index (χ0) is 35.8. The van der Waals surface area contributed by atoms with Crippen molar-refractivity contribution in [2.45, 2.75) is 38.0 Å². The lowest BCUT2D eigenvalue weighted by Gasteiger charge is -2.21. The number of likely N-dealkylation sites (N-methyl/N-ethyl adjacent to an activating group) is 1. The van der Waals surface area contributed by atoms with E-state index in [1.54, 1.807) is 12.1 Å². The minimum atomic E-state index is -0.379. The molecular formula is C39H44ClFN6O3S. The van der Waals surface area contributed by atoms with Crippen LogP contribution in [0.4, 0.5) is 4.39 Å². The number of aryl methyl sites for hydroxylation is 4. The fraction of sp³-hybridized carbons (Fsp3) is 0.385. The first-order valence-corrected chi connectivity index (χ1v) is 18.9. The Morgan fingerprint density at radius 2 is 1.90 bits per heavy atom. The molecule has 0 radical (unpaired) electrons. The first-order valence-electron chi connectivity index (χ1n) is 17.3. The Bertz CT molecular complexity index is 2160. The van der Waals surface area contributed by atoms with Crippen LogP contribution in [0.2, 0.25) is 5.02 Å². The van der Waals surface area contributed by atoms with Crippen LogP contribution in [0.1, 0.15) is 45.0 Å². The Morgan fingerprint density at radius 3 is 2.71 bits per heavy atom. The summed E-state index contributed by atoms with van der Waals surface area (Å²) >= 11 is 8.98. The summed E-state index contributed by atoms with van der Waals surface area (Å²) < 4.78 is 30.4. The zero-order valence-electron chi connectivity index (χ0n) is 29.8. The van der Waals surface area contributed by atoms with Crippen LogP contribution >= 0.6 is 23.4 Å². The number of fused-ring (bicyclic) bond motifs is 7. The first-order chi connectivity index (χ1) is 24.6. The van der Waals surface area contributed by atoms with E-state index in [0.717, 1.165) is 85.5 Å². The Kier molecular flexibility index (Phi) is 10.3. The molecule has 3 aromatic carbocycles. The summed E-state index contributed by atoms with van der Waals surface area (Å²) in [4.78, 5) is 15.8. The SMILES string of the molecule is COC(=O)c1c2c3ccc(Cl)c(c3n1CCN(C)C)C1=C(CNN1C)CSCc1cc(n(C)n1)CCc1cc(c3ccc(F)cc3c1)OCCC2. The van der Waals surface area contributed by atoms with Crippen LogP contribution in [0.25, 0.3) is 27.4 Å². The molecule has 8 bridgehead atoms. The van der Waals surface area contributed by atoms with Gasteiger partial charge >= 0.3 is 5.97 Å². The normalized spacial score (nSPS) is 15.8. The van der Waals surface area contributed by atoms with Gasteiger partial charge in [0.2, 0.25) is 0 Å². The molecule has 2 aromatic heterocycles. The fourth-order valence-electron chi connectivity index (χ4n) is 7.39. The number of carbonyl (C=O) groups is 1. The van der Waals surface area contributed by atoms with Crippen LogP contribution in [0.5, 0.6) is 5.75 Å². The monoisotopic (exact) mass is 730 g/mol. The molecule has 1 N–H and O–H groups in total. The minimum Gasteiger partial charge on any atom is -0.493 e. The highest BCUT2D eigenvalue weighted by Gasteiger charge is 2.31. The number of halogens is 2. The van der Waals surface area contributed by atoms with E-state index in [-0.39, 0.29) is 11.8 Å². The summed E-state index contributed by atoms with van der Waals surface area (Å²) in [5, 5.41) is 10.2. The number of hydrogen-bond donors (Lipinski definition) is 1. The highest BCUT2D eigenvalue weighted by molar-refractivity contribution is 7.98. The average molecular weight is 731 g/mol. The van der Waals surface area contributed by atoms with Crippen molar-refractivity contribution >= 4 is 56.7 Å². The molecule has 9 nitrogen and oxygen atoms in total. The standard InChI is InChI=1S/C39H44ClFN6O3S/c1-44(2)14-15-47-37-32-12-13-33(40)35(37)36-26(21-42-46(36)4)22-51-23-28-20-29(45(3)43-28)10-8-24-17-25-19-27(41)9-11-30(25)34(18-24)50-16-6-7-31(32)38(47)39(48)49-5/h9,11-13,17-20,42H,6-8,10,14-16,21-23H2,1-5H3. The van der Waals surface area contributed by atoms with Crippen molar-refractivity contribution in [2.75, 3.05) is 53.7 Å². The Balaban J connectivity index is 1.38. The molecule has 2 aliphatic heterocycles. The maximum Gasteiger partial charge on any atom is 0.354 e. The summed E-state index contributed by atoms with van der Waals surface area (Å²) in [5.74, 6) is 1.61. The summed E-state index contributed by atoms with van der Waals surface area (Å²) in [7, 11) is 9.50. The van der Waals surface area contributed by atoms with E-state index in [0.29, 0.717) is 49.8 Å². The van der Waals surface area contributed by atoms with E-state index in [9.17, 15) is 9.18 Å². The van der Waals surface area contributed by atoms with Crippen LogP contribution in [0.15, 0.2) is 54.1 Å². The van der Waals surface area contributed by atoms with Crippen LogP contribution in [-0.4, -0.2) is 83.9 Å². The fourth-order valence-corrected chi connectivity index (χ4v) is 8.57. The van der Waals surface area contributed by atoms with Crippen LogP contribution in [0.3, 0.4) is 0 Å². The van der Waals surface area contributed by atoms with Gasteiger partial charge in [0.15, 0.2) is 0 Å². The molecule has 7 rings (SSSR count). The number of rotatable bonds is 4. The van der Waals surface area contributed by atoms with Gasteiger partial charge in [0.1, 0.15) is 17.3 Å². The molecule has 51 heavy (non-hydrogen) atoms. The number of carbonyl (C=O) groups excluding carboxylic acids is 1. The lowest BCUT2D eigenvalue weighted by atomic mass is 10.0. The second-order valence-corrected chi connectivity index (χ2v) is 15.0. The van der Waals surface area contributed by atoms with Gasteiger partial charge in [-0.15, -0.1) is 0 Å². The maximum absolute atomic E-state index is 14.4. The first kappa shape index (κ1) is 35.4. The molecule has 12 heteroatoms. The van der Waals surface area contributed by atoms with Crippen molar-refractivity contribution in [3.05, 3.63) is 98.7 Å². The summed E-state index contributed by atoms with van der Waals surface area (Å²) in [5.41, 5.74) is 12.3. The lowest BCUT2D eigenvalue weighted by molar-refractivity contribution is 0.0587. The van der Waals surface area contributed by atoms with E-state index in [1.165, 1.54) is 18.7 Å². The minimum absolute atomic E-state index is 0.278. The second kappa shape index (κ2) is 14.9. The second-order valence-electron chi connectivity index (χ2n) is 13.6. The van der Waals surface area contributed by atoms with Crippen molar-refractivity contribution in [1.29, 1.82) is 0 Å². The van der Waals surface area contributed by atoms with Gasteiger partial charge in [0, 0.05) is 67.3 Å². The molecule has 0 saturated carbocycles. The molecule has 0 fully saturated rings. The predicted octanol–water partition coefficient (Wildman–Crippen LogP) is 6.87. The molecule has 5 aromatic rings. The number of benzene rings is 3. The van der Waals surface area contributed by atoms with Gasteiger partial charge in [-0.1, -0.05) is 23.7 Å². The van der Waals surface area contributed by atoms with E-state index >= 15 is 0 Å². The van der Waals surface area contributed by atoms with Gasteiger partial charge in [0.05, 0.1) is 35.6 Å². The topological polar surface area (TPSA) is 76.8 Å². The molecule has 4 heterocycles. The Hall–Kier alpha value is -4.03. The van der Waals surface area contributed by atoms with Crippen LogP contribution < -0.4 is 10.2 Å². The molecule has 0 saturated heterocycles. The Labute approximate surface area is 307 Å². The van der Waals surface area contributed by atoms with Gasteiger partial charge in [-0.2, -0.15) is 16.9 Å². The molecule has 268 valence electrons. The predicted molar refractivity (Wildman–Crippen MR) is 204 cm³/mol. The third-order valence-corrected chi connectivity index (χ3v) is 11.2. The van der Waals surface area contributed by atoms with Gasteiger partial charge in [-0.05, 0) is 98.3 Å². The average Bonchev–Trinajstić information content (AvgIpc) is 3.75. The van der Waals surface area contributed by atoms with Crippen molar-refractivity contribution in [1.82, 2.24) is 29.7 Å². The third kappa shape index (κ3) is 7.09. The number of esters is 1. The smallest absolute Gasteiger partial charge is 0.354 e. The maximum atomic E-state index is 14.4. The number of nitrogens with zero attached hydrogens (tertiary/aromatic N) is 5. The van der Waals surface area contributed by atoms with E-state index < -0.39 is 0 Å². The van der Waals surface area contributed by atoms with Gasteiger partial charge in [0.25, 0.3) is 0 Å². The number of nitrogens with one attached hydrogen (secondary N) is 1. The third-order valence-electron chi connectivity index (χ3n) is 9.85. The van der Waals surface area contributed by atoms with Crippen molar-refractivity contribution < 1.29 is 18.7 Å². The molecule has 0 aliphatic carbocycles. The number of hydrazine groups is 1. The number of methoxy groups -OCH3 is 1. The summed E-state index contributed by atoms with van der Waals surface area (Å²) in [6.07, 6.45) is 2.79. The number of aromatic nitrogens is 3. The van der Waals surface area contributed by atoms with E-state index in [4.69, 9.17) is 26.2 Å². The van der Waals surface area contributed by atoms with E-state index in [2.05, 4.69) is 38.1 Å². The summed E-state index contributed by atoms with van der Waals surface area (Å²) in [6.45, 7) is 2.39. The van der Waals surface area contributed by atoms with Crippen LogP contribution in [-0.2, 0) is 43.3 Å². The number of ether oxygens (including phenoxy) is 2. The number of thioether (sulfide) groups is 1. The molecule has 2 aliphatic rings. The molecule has 0 atom stereocenters. The molecule has 0 spiro atoms. The number of hydrogen-bond acceptors (Lipinski definition) is 8. The van der Waals surface area contributed by atoms with Crippen molar-refractivity contribution in [3.63, 3.8) is 0 Å². The summed E-state index contributed by atoms with van der Waals surface area (Å²) in [6, 6.07) is 15.1. The van der Waals surface area contributed by atoms with Crippen LogP contribution in [0, 0.1) is 5.82 Å². The quantitative estimate of drug-likeness (QED) is 0.201. The Morgan fingerprint density at radius 1 is 1.08 bits per heavy atom. The van der Waals surface area contributed by atoms with Gasteiger partial charge < -0.3 is 23.9 Å². The van der Waals surface area contributed by atoms with Crippen molar-refractivity contribution in [3.8, 4) is 5.75 Å². The molecule has 0 amide bonds. The van der Waals surface area contributed by atoms with Gasteiger partial charge in [-0.25, -0.2) is 14.6 Å². The van der Waals surface area contributed by atoms with Gasteiger partial charge in [-0.3, -0.25) is 4.68 Å². The molecule has 0 unspecified atom stereocenters. The van der Waals surface area contributed by atoms with Crippen molar-refractivity contribution in [2.24, 2.45) is 7.05 Å². The highest BCUT2D eigenvalue weighted by atomic mass is 35.5. The lowest BCUT2D eigenvalue weighted by Crippen LogP contribution is -2.27. The largest absolute Gasteiger partial charge is 0.493 e.